The average molecular weight is 350 g/mol. The summed E-state index contributed by atoms with van der Waals surface area (Å²) in [6, 6.07) is 12.7. The van der Waals surface area contributed by atoms with E-state index in [9.17, 15) is 4.39 Å². The second kappa shape index (κ2) is 7.22. The van der Waals surface area contributed by atoms with Gasteiger partial charge in [-0.15, -0.1) is 0 Å². The summed E-state index contributed by atoms with van der Waals surface area (Å²) < 4.78 is 13.5. The molecule has 1 aliphatic carbocycles. The Morgan fingerprint density at radius 2 is 1.77 bits per heavy atom. The third kappa shape index (κ3) is 3.53. The molecule has 136 valence electrons. The number of H-pyrrole nitrogens is 1. The summed E-state index contributed by atoms with van der Waals surface area (Å²) in [5, 5.41) is 0.857. The van der Waals surface area contributed by atoms with Crippen LogP contribution in [-0.4, -0.2) is 9.97 Å². The van der Waals surface area contributed by atoms with Gasteiger partial charge in [0.25, 0.3) is 0 Å². The molecule has 2 heterocycles. The van der Waals surface area contributed by atoms with Crippen molar-refractivity contribution in [3.8, 4) is 0 Å². The minimum Gasteiger partial charge on any atom is -0.343 e. The molecule has 0 bridgehead atoms. The van der Waals surface area contributed by atoms with Crippen molar-refractivity contribution in [1.82, 2.24) is 9.97 Å². The molecular weight excluding hydrogens is 323 g/mol. The van der Waals surface area contributed by atoms with Crippen molar-refractivity contribution in [2.75, 3.05) is 0 Å². The number of hydrogen-bond acceptors (Lipinski definition) is 1. The third-order valence-corrected chi connectivity index (χ3v) is 5.88. The number of aromatic nitrogens is 2. The topological polar surface area (TPSA) is 28.7 Å². The molecule has 1 atom stereocenters. The van der Waals surface area contributed by atoms with Crippen LogP contribution in [-0.2, 0) is 0 Å². The van der Waals surface area contributed by atoms with E-state index in [0.29, 0.717) is 11.8 Å². The first-order valence-corrected chi connectivity index (χ1v) is 9.84. The van der Waals surface area contributed by atoms with E-state index < -0.39 is 0 Å². The molecule has 1 fully saturated rings. The van der Waals surface area contributed by atoms with Gasteiger partial charge in [-0.3, -0.25) is 0 Å². The molecule has 3 heteroatoms. The maximum absolute atomic E-state index is 13.5. The number of rotatable bonds is 5. The van der Waals surface area contributed by atoms with Crippen molar-refractivity contribution in [1.29, 1.82) is 0 Å². The van der Waals surface area contributed by atoms with Crippen molar-refractivity contribution in [2.24, 2.45) is 5.92 Å². The zero-order valence-electron chi connectivity index (χ0n) is 15.6. The van der Waals surface area contributed by atoms with Crippen LogP contribution < -0.4 is 0 Å². The molecule has 1 unspecified atom stereocenters. The van der Waals surface area contributed by atoms with E-state index >= 15 is 0 Å². The highest BCUT2D eigenvalue weighted by Crippen LogP contribution is 2.38. The molecule has 2 aromatic heterocycles. The van der Waals surface area contributed by atoms with Crippen LogP contribution in [0.4, 0.5) is 4.39 Å². The standard InChI is InChI=1S/C23H27FN2/c1-15(2)17-7-9-18(10-8-17)21(11-16-5-3-4-6-16)22-13-19-12-20(24)14-25-23(19)26-22/h7-10,12-16,21H,3-6,11H2,1-2H3,(H,25,26). The van der Waals surface area contributed by atoms with E-state index in [4.69, 9.17) is 0 Å². The van der Waals surface area contributed by atoms with Crippen molar-refractivity contribution in [3.05, 3.63) is 65.2 Å². The number of aromatic amines is 1. The van der Waals surface area contributed by atoms with Gasteiger partial charge in [-0.2, -0.15) is 0 Å². The van der Waals surface area contributed by atoms with Crippen molar-refractivity contribution >= 4 is 11.0 Å². The minimum atomic E-state index is -0.281. The van der Waals surface area contributed by atoms with Crippen LogP contribution in [0.5, 0.6) is 0 Å². The summed E-state index contributed by atoms with van der Waals surface area (Å²) >= 11 is 0. The molecule has 0 aliphatic heterocycles. The Kier molecular flexibility index (Phi) is 4.80. The molecule has 1 saturated carbocycles. The Morgan fingerprint density at radius 1 is 1.08 bits per heavy atom. The average Bonchev–Trinajstić information content (AvgIpc) is 3.28. The lowest BCUT2D eigenvalue weighted by molar-refractivity contribution is 0.469. The van der Waals surface area contributed by atoms with Gasteiger partial charge in [0.2, 0.25) is 0 Å². The fraction of sp³-hybridized carbons (Fsp3) is 0.435. The molecule has 2 nitrogen and oxygen atoms in total. The fourth-order valence-electron chi connectivity index (χ4n) is 4.33. The van der Waals surface area contributed by atoms with Gasteiger partial charge in [0.15, 0.2) is 0 Å². The molecule has 0 saturated heterocycles. The van der Waals surface area contributed by atoms with Gasteiger partial charge >= 0.3 is 0 Å². The lowest BCUT2D eigenvalue weighted by atomic mass is 9.85. The van der Waals surface area contributed by atoms with E-state index in [2.05, 4.69) is 54.1 Å². The number of halogens is 1. The van der Waals surface area contributed by atoms with E-state index in [1.54, 1.807) is 6.07 Å². The first kappa shape index (κ1) is 17.3. The van der Waals surface area contributed by atoms with Crippen LogP contribution in [0, 0.1) is 11.7 Å². The smallest absolute Gasteiger partial charge is 0.142 e. The van der Waals surface area contributed by atoms with Crippen LogP contribution in [0.1, 0.15) is 74.6 Å². The van der Waals surface area contributed by atoms with Gasteiger partial charge in [0.05, 0.1) is 6.20 Å². The van der Waals surface area contributed by atoms with Crippen molar-refractivity contribution in [3.63, 3.8) is 0 Å². The van der Waals surface area contributed by atoms with Gasteiger partial charge in [0.1, 0.15) is 11.5 Å². The Hall–Kier alpha value is -2.16. The van der Waals surface area contributed by atoms with E-state index in [1.807, 2.05) is 0 Å². The predicted octanol–water partition coefficient (Wildman–Crippen LogP) is 6.54. The zero-order chi connectivity index (χ0) is 18.1. The highest BCUT2D eigenvalue weighted by atomic mass is 19.1. The van der Waals surface area contributed by atoms with Crippen LogP contribution >= 0.6 is 0 Å². The number of fused-ring (bicyclic) bond motifs is 1. The normalized spacial score (nSPS) is 16.6. The lowest BCUT2D eigenvalue weighted by Gasteiger charge is -2.21. The van der Waals surface area contributed by atoms with Gasteiger partial charge in [-0.1, -0.05) is 63.8 Å². The summed E-state index contributed by atoms with van der Waals surface area (Å²) in [5.41, 5.74) is 4.64. The summed E-state index contributed by atoms with van der Waals surface area (Å²) in [5.74, 6) is 1.35. The maximum Gasteiger partial charge on any atom is 0.142 e. The molecular formula is C23H27FN2. The number of hydrogen-bond donors (Lipinski definition) is 1. The molecule has 0 amide bonds. The molecule has 1 aromatic carbocycles. The van der Waals surface area contributed by atoms with E-state index in [1.165, 1.54) is 43.0 Å². The van der Waals surface area contributed by atoms with Crippen molar-refractivity contribution < 1.29 is 4.39 Å². The third-order valence-electron chi connectivity index (χ3n) is 5.88. The van der Waals surface area contributed by atoms with E-state index in [-0.39, 0.29) is 5.82 Å². The summed E-state index contributed by atoms with van der Waals surface area (Å²) in [6.45, 7) is 4.45. The molecule has 4 rings (SSSR count). The number of nitrogens with one attached hydrogen (secondary N) is 1. The predicted molar refractivity (Wildman–Crippen MR) is 105 cm³/mol. The summed E-state index contributed by atoms with van der Waals surface area (Å²) in [6.07, 6.45) is 7.79. The van der Waals surface area contributed by atoms with Crippen LogP contribution in [0.2, 0.25) is 0 Å². The molecule has 1 aliphatic rings. The molecule has 26 heavy (non-hydrogen) atoms. The summed E-state index contributed by atoms with van der Waals surface area (Å²) in [4.78, 5) is 7.67. The second-order valence-corrected chi connectivity index (χ2v) is 8.08. The van der Waals surface area contributed by atoms with E-state index in [0.717, 1.165) is 29.1 Å². The fourth-order valence-corrected chi connectivity index (χ4v) is 4.33. The maximum atomic E-state index is 13.5. The van der Waals surface area contributed by atoms with Crippen molar-refractivity contribution in [2.45, 2.75) is 57.8 Å². The van der Waals surface area contributed by atoms with Gasteiger partial charge in [-0.05, 0) is 41.5 Å². The second-order valence-electron chi connectivity index (χ2n) is 8.08. The number of benzene rings is 1. The molecule has 0 radical (unpaired) electrons. The first-order valence-electron chi connectivity index (χ1n) is 9.84. The van der Waals surface area contributed by atoms with Crippen LogP contribution in [0.25, 0.3) is 11.0 Å². The van der Waals surface area contributed by atoms with Crippen LogP contribution in [0.15, 0.2) is 42.6 Å². The highest BCUT2D eigenvalue weighted by Gasteiger charge is 2.24. The largest absolute Gasteiger partial charge is 0.343 e. The quantitative estimate of drug-likeness (QED) is 0.556. The minimum absolute atomic E-state index is 0.281. The molecule has 3 aromatic rings. The Bertz CT molecular complexity index is 873. The SMILES string of the molecule is CC(C)c1ccc(C(CC2CCCC2)c2cc3cc(F)cnc3[nH]2)cc1. The monoisotopic (exact) mass is 350 g/mol. The Labute approximate surface area is 154 Å². The number of nitrogens with zero attached hydrogens (tertiary/aromatic N) is 1. The Morgan fingerprint density at radius 3 is 2.46 bits per heavy atom. The molecule has 0 spiro atoms. The zero-order valence-corrected chi connectivity index (χ0v) is 15.6. The lowest BCUT2D eigenvalue weighted by Crippen LogP contribution is -2.07. The highest BCUT2D eigenvalue weighted by molar-refractivity contribution is 5.76. The number of pyridine rings is 1. The molecule has 1 N–H and O–H groups in total. The first-order chi connectivity index (χ1) is 12.6. The van der Waals surface area contributed by atoms with Gasteiger partial charge in [-0.25, -0.2) is 9.37 Å². The van der Waals surface area contributed by atoms with Gasteiger partial charge in [0, 0.05) is 17.0 Å². The summed E-state index contributed by atoms with van der Waals surface area (Å²) in [7, 11) is 0. The van der Waals surface area contributed by atoms with Gasteiger partial charge < -0.3 is 4.98 Å². The Balaban J connectivity index is 1.70. The van der Waals surface area contributed by atoms with Crippen LogP contribution in [0.3, 0.4) is 0 Å².